The number of hydrogen-bond donors (Lipinski definition) is 0. The van der Waals surface area contributed by atoms with Crippen LogP contribution in [0.1, 0.15) is 61.7 Å². The van der Waals surface area contributed by atoms with E-state index in [9.17, 15) is 9.59 Å². The molecule has 3 heterocycles. The quantitative estimate of drug-likeness (QED) is 0.556. The number of aryl methyl sites for hydroxylation is 2. The molecule has 1 aliphatic heterocycles. The van der Waals surface area contributed by atoms with E-state index in [2.05, 4.69) is 6.92 Å². The minimum absolute atomic E-state index is 0.136. The second-order valence-corrected chi connectivity index (χ2v) is 9.16. The van der Waals surface area contributed by atoms with Gasteiger partial charge in [-0.2, -0.15) is 0 Å². The Hall–Kier alpha value is -1.40. The molecule has 0 unspecified atom stereocenters. The zero-order valence-electron chi connectivity index (χ0n) is 15.2. The lowest BCUT2D eigenvalue weighted by Crippen LogP contribution is -2.24. The highest BCUT2D eigenvalue weighted by Gasteiger charge is 2.27. The highest BCUT2D eigenvalue weighted by atomic mass is 32.2. The molecule has 0 bridgehead atoms. The second kappa shape index (κ2) is 7.69. The fourth-order valence-electron chi connectivity index (χ4n) is 3.86. The number of rotatable bonds is 5. The van der Waals surface area contributed by atoms with E-state index in [1.807, 2.05) is 4.57 Å². The Balaban J connectivity index is 1.87. The minimum atomic E-state index is 0.136. The van der Waals surface area contributed by atoms with Gasteiger partial charge in [0.25, 0.3) is 5.56 Å². The minimum Gasteiger partial charge on any atom is -0.298 e. The van der Waals surface area contributed by atoms with Gasteiger partial charge in [0.1, 0.15) is 16.9 Å². The molecule has 0 aromatic carbocycles. The number of thioether (sulfide) groups is 1. The number of hydrogen-bond acceptors (Lipinski definition) is 5. The Labute approximate surface area is 161 Å². The molecule has 2 aromatic rings. The summed E-state index contributed by atoms with van der Waals surface area (Å²) in [5.74, 6) is 1.96. The van der Waals surface area contributed by atoms with Crippen LogP contribution in [0.2, 0.25) is 0 Å². The van der Waals surface area contributed by atoms with Crippen molar-refractivity contribution >= 4 is 44.5 Å². The van der Waals surface area contributed by atoms with Crippen LogP contribution in [0, 0.1) is 0 Å². The largest absolute Gasteiger partial charge is 0.298 e. The third-order valence-corrected chi connectivity index (χ3v) is 7.82. The van der Waals surface area contributed by atoms with Crippen LogP contribution in [0.3, 0.4) is 0 Å². The maximum absolute atomic E-state index is 13.2. The Kier molecular flexibility index (Phi) is 5.32. The Morgan fingerprint density at radius 1 is 1.23 bits per heavy atom. The molecule has 2 aliphatic rings. The molecule has 0 amide bonds. The molecule has 4 rings (SSSR count). The van der Waals surface area contributed by atoms with Gasteiger partial charge >= 0.3 is 0 Å². The number of allylic oxidation sites excluding steroid dienone is 1. The first-order chi connectivity index (χ1) is 12.7. The molecule has 0 saturated heterocycles. The van der Waals surface area contributed by atoms with Gasteiger partial charge in [-0.1, -0.05) is 19.8 Å². The molecule has 0 radical (unpaired) electrons. The number of aromatic nitrogens is 2. The Morgan fingerprint density at radius 3 is 2.92 bits per heavy atom. The fourth-order valence-corrected chi connectivity index (χ4v) is 6.60. The van der Waals surface area contributed by atoms with Gasteiger partial charge in [-0.3, -0.25) is 14.2 Å². The summed E-state index contributed by atoms with van der Waals surface area (Å²) in [6.45, 7) is 2.97. The summed E-state index contributed by atoms with van der Waals surface area (Å²) in [6.07, 6.45) is 9.02. The molecule has 0 fully saturated rings. The van der Waals surface area contributed by atoms with Crippen molar-refractivity contribution < 1.29 is 4.79 Å². The maximum atomic E-state index is 13.2. The van der Waals surface area contributed by atoms with Gasteiger partial charge in [0, 0.05) is 28.3 Å². The van der Waals surface area contributed by atoms with E-state index in [1.165, 1.54) is 0 Å². The lowest BCUT2D eigenvalue weighted by atomic mass is 9.97. The topological polar surface area (TPSA) is 52.0 Å². The van der Waals surface area contributed by atoms with Crippen LogP contribution in [-0.2, 0) is 24.2 Å². The standard InChI is InChI=1S/C20H24N2O2S2/c1-2-3-11-25-17-13(12-23)8-9-14-16-19(26-18(14)17)21-15-7-5-4-6-10-22(15)20(16)24/h12H,2-11H2,1H3. The number of aldehydes is 1. The first kappa shape index (κ1) is 18.0. The summed E-state index contributed by atoms with van der Waals surface area (Å²) < 4.78 is 1.91. The van der Waals surface area contributed by atoms with Gasteiger partial charge in [0.05, 0.1) is 5.39 Å². The number of unbranched alkanes of at least 4 members (excludes halogenated alkanes) is 1. The fraction of sp³-hybridized carbons (Fsp3) is 0.550. The highest BCUT2D eigenvalue weighted by molar-refractivity contribution is 8.08. The number of nitrogens with zero attached hydrogens (tertiary/aromatic N) is 2. The number of carbonyl (C=O) groups is 1. The van der Waals surface area contributed by atoms with Gasteiger partial charge in [-0.15, -0.1) is 23.1 Å². The zero-order chi connectivity index (χ0) is 18.1. The van der Waals surface area contributed by atoms with E-state index in [-0.39, 0.29) is 5.56 Å². The highest BCUT2D eigenvalue weighted by Crippen LogP contribution is 2.45. The monoisotopic (exact) mass is 388 g/mol. The van der Waals surface area contributed by atoms with Crippen LogP contribution in [0.25, 0.3) is 15.1 Å². The molecule has 2 aromatic heterocycles. The second-order valence-electron chi connectivity index (χ2n) is 7.06. The van der Waals surface area contributed by atoms with Crippen LogP contribution < -0.4 is 5.56 Å². The van der Waals surface area contributed by atoms with Gasteiger partial charge < -0.3 is 0 Å². The predicted molar refractivity (Wildman–Crippen MR) is 110 cm³/mol. The maximum Gasteiger partial charge on any atom is 0.262 e. The van der Waals surface area contributed by atoms with Crippen molar-refractivity contribution in [1.29, 1.82) is 0 Å². The summed E-state index contributed by atoms with van der Waals surface area (Å²) in [4.78, 5) is 32.8. The molecule has 0 atom stereocenters. The lowest BCUT2D eigenvalue weighted by molar-refractivity contribution is -0.105. The molecular formula is C20H24N2O2S2. The summed E-state index contributed by atoms with van der Waals surface area (Å²) in [5, 5.41) is 0.814. The molecule has 1 aliphatic carbocycles. The molecular weight excluding hydrogens is 364 g/mol. The third kappa shape index (κ3) is 3.07. The number of carbonyl (C=O) groups excluding carboxylic acids is 1. The molecule has 26 heavy (non-hydrogen) atoms. The normalized spacial score (nSPS) is 17.1. The average molecular weight is 389 g/mol. The van der Waals surface area contributed by atoms with Gasteiger partial charge in [-0.25, -0.2) is 4.98 Å². The van der Waals surface area contributed by atoms with Crippen molar-refractivity contribution in [3.8, 4) is 0 Å². The summed E-state index contributed by atoms with van der Waals surface area (Å²) in [5.41, 5.74) is 2.16. The van der Waals surface area contributed by atoms with Crippen LogP contribution in [0.4, 0.5) is 0 Å². The molecule has 6 heteroatoms. The van der Waals surface area contributed by atoms with E-state index in [4.69, 9.17) is 4.98 Å². The SMILES string of the molecule is CCCCSC1=C(C=O)CCc2c1sc1nc3n(c(=O)c21)CCCCC3. The van der Waals surface area contributed by atoms with E-state index >= 15 is 0 Å². The zero-order valence-corrected chi connectivity index (χ0v) is 16.8. The Morgan fingerprint density at radius 2 is 2.12 bits per heavy atom. The molecule has 4 nitrogen and oxygen atoms in total. The smallest absolute Gasteiger partial charge is 0.262 e. The van der Waals surface area contributed by atoms with Crippen molar-refractivity contribution in [2.75, 3.05) is 5.75 Å². The number of fused-ring (bicyclic) bond motifs is 4. The van der Waals surface area contributed by atoms with E-state index < -0.39 is 0 Å². The number of thiophene rings is 1. The predicted octanol–water partition coefficient (Wildman–Crippen LogP) is 4.57. The van der Waals surface area contributed by atoms with Crippen molar-refractivity contribution in [2.45, 2.75) is 64.8 Å². The van der Waals surface area contributed by atoms with Gasteiger partial charge in [0.15, 0.2) is 0 Å². The van der Waals surface area contributed by atoms with E-state index in [0.29, 0.717) is 0 Å². The van der Waals surface area contributed by atoms with Crippen LogP contribution in [0.5, 0.6) is 0 Å². The average Bonchev–Trinajstić information content (AvgIpc) is 2.85. The van der Waals surface area contributed by atoms with Crippen LogP contribution >= 0.6 is 23.1 Å². The van der Waals surface area contributed by atoms with Crippen LogP contribution in [0.15, 0.2) is 10.4 Å². The first-order valence-corrected chi connectivity index (χ1v) is 11.4. The molecule has 138 valence electrons. The van der Waals surface area contributed by atoms with Gasteiger partial charge in [-0.05, 0) is 43.4 Å². The molecule has 0 N–H and O–H groups in total. The van der Waals surface area contributed by atoms with E-state index in [1.54, 1.807) is 23.1 Å². The summed E-state index contributed by atoms with van der Waals surface area (Å²) >= 11 is 3.39. The van der Waals surface area contributed by atoms with Gasteiger partial charge in [0.2, 0.25) is 0 Å². The van der Waals surface area contributed by atoms with E-state index in [0.717, 1.165) is 107 Å². The van der Waals surface area contributed by atoms with Crippen LogP contribution in [-0.4, -0.2) is 21.6 Å². The first-order valence-electron chi connectivity index (χ1n) is 9.61. The third-order valence-electron chi connectivity index (χ3n) is 5.30. The summed E-state index contributed by atoms with van der Waals surface area (Å²) in [7, 11) is 0. The Bertz CT molecular complexity index is 939. The molecule has 0 spiro atoms. The van der Waals surface area contributed by atoms with Crippen molar-refractivity contribution in [3.05, 3.63) is 32.2 Å². The molecule has 0 saturated carbocycles. The summed E-state index contributed by atoms with van der Waals surface area (Å²) in [6, 6.07) is 0. The lowest BCUT2D eigenvalue weighted by Gasteiger charge is -2.17. The van der Waals surface area contributed by atoms with Crippen molar-refractivity contribution in [3.63, 3.8) is 0 Å². The van der Waals surface area contributed by atoms with Crippen molar-refractivity contribution in [2.24, 2.45) is 0 Å². The van der Waals surface area contributed by atoms with Crippen molar-refractivity contribution in [1.82, 2.24) is 9.55 Å².